The molecule has 0 saturated carbocycles. The van der Waals surface area contributed by atoms with Crippen molar-refractivity contribution < 1.29 is 17.6 Å². The van der Waals surface area contributed by atoms with Crippen LogP contribution in [0.15, 0.2) is 41.3 Å². The first kappa shape index (κ1) is 27.3. The van der Waals surface area contributed by atoms with Gasteiger partial charge < -0.3 is 10.6 Å². The van der Waals surface area contributed by atoms with Gasteiger partial charge in [-0.25, -0.2) is 23.7 Å². The van der Waals surface area contributed by atoms with Crippen molar-refractivity contribution in [2.75, 3.05) is 11.9 Å². The number of aromatic nitrogens is 5. The monoisotopic (exact) mass is 554 g/mol. The van der Waals surface area contributed by atoms with E-state index in [2.05, 4.69) is 39.4 Å². The lowest BCUT2D eigenvalue weighted by atomic mass is 9.79. The summed E-state index contributed by atoms with van der Waals surface area (Å²) in [6.07, 6.45) is -3.62. The van der Waals surface area contributed by atoms with Crippen molar-refractivity contribution in [3.63, 3.8) is 0 Å². The van der Waals surface area contributed by atoms with Crippen LogP contribution in [0, 0.1) is 17.1 Å². The van der Waals surface area contributed by atoms with Gasteiger partial charge in [0.2, 0.25) is 5.95 Å². The SMILES string of the molecule is CC(C)(C#N)c1nc(-n2c3nc(Nc4ccc5c(c4)CNCC5(C)C)ncc3c(=O)n2CC(F)(F)F)ccc1F. The highest BCUT2D eigenvalue weighted by Gasteiger charge is 2.33. The van der Waals surface area contributed by atoms with Crippen LogP contribution < -0.4 is 16.2 Å². The van der Waals surface area contributed by atoms with Crippen LogP contribution in [0.2, 0.25) is 0 Å². The topological polar surface area (TPSA) is 113 Å². The van der Waals surface area contributed by atoms with Crippen molar-refractivity contribution in [2.24, 2.45) is 0 Å². The number of rotatable bonds is 5. The number of hydrogen-bond acceptors (Lipinski definition) is 7. The fourth-order valence-corrected chi connectivity index (χ4v) is 4.89. The zero-order valence-corrected chi connectivity index (χ0v) is 22.2. The maximum absolute atomic E-state index is 14.6. The second-order valence-corrected chi connectivity index (χ2v) is 10.9. The summed E-state index contributed by atoms with van der Waals surface area (Å²) in [6.45, 7) is 7.00. The Bertz CT molecular complexity index is 1730. The molecule has 0 bridgehead atoms. The smallest absolute Gasteiger partial charge is 0.324 e. The predicted octanol–water partition coefficient (Wildman–Crippen LogP) is 4.60. The first-order valence-corrected chi connectivity index (χ1v) is 12.5. The van der Waals surface area contributed by atoms with Crippen LogP contribution in [0.25, 0.3) is 16.9 Å². The van der Waals surface area contributed by atoms with E-state index in [0.717, 1.165) is 35.1 Å². The number of anilines is 2. The minimum absolute atomic E-state index is 0.0353. The van der Waals surface area contributed by atoms with Crippen molar-refractivity contribution in [2.45, 2.75) is 57.8 Å². The molecule has 0 amide bonds. The van der Waals surface area contributed by atoms with Crippen molar-refractivity contribution in [1.29, 1.82) is 5.26 Å². The Morgan fingerprint density at radius 2 is 1.93 bits per heavy atom. The number of nitriles is 1. The van der Waals surface area contributed by atoms with E-state index in [9.17, 15) is 27.6 Å². The normalized spacial score (nSPS) is 15.1. The third-order valence-electron chi connectivity index (χ3n) is 6.90. The molecular weight excluding hydrogens is 528 g/mol. The summed E-state index contributed by atoms with van der Waals surface area (Å²) in [5, 5.41) is 15.8. The number of halogens is 4. The van der Waals surface area contributed by atoms with Crippen LogP contribution in [0.3, 0.4) is 0 Å². The van der Waals surface area contributed by atoms with Gasteiger partial charge in [-0.3, -0.25) is 4.79 Å². The molecule has 0 spiro atoms. The third kappa shape index (κ3) is 4.90. The Hall–Kier alpha value is -4.31. The lowest BCUT2D eigenvalue weighted by Crippen LogP contribution is -2.38. The van der Waals surface area contributed by atoms with Crippen molar-refractivity contribution in [1.82, 2.24) is 29.6 Å². The molecule has 4 heterocycles. The van der Waals surface area contributed by atoms with E-state index in [1.165, 1.54) is 19.4 Å². The largest absolute Gasteiger partial charge is 0.408 e. The molecule has 0 fully saturated rings. The van der Waals surface area contributed by atoms with E-state index >= 15 is 0 Å². The summed E-state index contributed by atoms with van der Waals surface area (Å²) in [5.74, 6) is -0.977. The summed E-state index contributed by atoms with van der Waals surface area (Å²) in [6, 6.07) is 9.87. The van der Waals surface area contributed by atoms with Crippen LogP contribution in [0.4, 0.5) is 29.2 Å². The van der Waals surface area contributed by atoms with Gasteiger partial charge in [-0.05, 0) is 49.2 Å². The van der Waals surface area contributed by atoms with Crippen LogP contribution >= 0.6 is 0 Å². The molecule has 1 aliphatic rings. The summed E-state index contributed by atoms with van der Waals surface area (Å²) < 4.78 is 56.6. The minimum atomic E-state index is -4.76. The molecule has 9 nitrogen and oxygen atoms in total. The highest BCUT2D eigenvalue weighted by Crippen LogP contribution is 2.32. The van der Waals surface area contributed by atoms with E-state index in [1.807, 2.05) is 24.3 Å². The van der Waals surface area contributed by atoms with Crippen LogP contribution in [-0.4, -0.2) is 37.0 Å². The van der Waals surface area contributed by atoms with Gasteiger partial charge in [-0.2, -0.15) is 23.4 Å². The summed E-state index contributed by atoms with van der Waals surface area (Å²) in [7, 11) is 0. The second-order valence-electron chi connectivity index (χ2n) is 10.9. The summed E-state index contributed by atoms with van der Waals surface area (Å²) in [4.78, 5) is 25.8. The first-order valence-electron chi connectivity index (χ1n) is 12.5. The van der Waals surface area contributed by atoms with Gasteiger partial charge >= 0.3 is 6.18 Å². The zero-order chi connectivity index (χ0) is 29.0. The fraction of sp³-hybridized carbons (Fsp3) is 0.370. The molecule has 40 heavy (non-hydrogen) atoms. The van der Waals surface area contributed by atoms with E-state index in [0.29, 0.717) is 16.9 Å². The molecule has 4 aromatic rings. The number of pyridine rings is 1. The molecule has 5 rings (SSSR count). The maximum Gasteiger partial charge on any atom is 0.408 e. The van der Waals surface area contributed by atoms with Crippen molar-refractivity contribution in [3.05, 3.63) is 69.5 Å². The number of fused-ring (bicyclic) bond motifs is 2. The lowest BCUT2D eigenvalue weighted by Gasteiger charge is -2.33. The van der Waals surface area contributed by atoms with Crippen LogP contribution in [-0.2, 0) is 23.9 Å². The maximum atomic E-state index is 14.6. The number of alkyl halides is 3. The Morgan fingerprint density at radius 3 is 2.62 bits per heavy atom. The van der Waals surface area contributed by atoms with E-state index in [4.69, 9.17) is 0 Å². The van der Waals surface area contributed by atoms with E-state index < -0.39 is 29.5 Å². The first-order chi connectivity index (χ1) is 18.7. The summed E-state index contributed by atoms with van der Waals surface area (Å²) in [5.41, 5.74) is 0.0528. The highest BCUT2D eigenvalue weighted by atomic mass is 19.4. The Labute approximate surface area is 226 Å². The van der Waals surface area contributed by atoms with E-state index in [1.54, 1.807) is 0 Å². The Kier molecular flexibility index (Phi) is 6.41. The number of nitrogens with zero attached hydrogens (tertiary/aromatic N) is 6. The van der Waals surface area contributed by atoms with Gasteiger partial charge in [-0.15, -0.1) is 0 Å². The van der Waals surface area contributed by atoms with Crippen LogP contribution in [0.5, 0.6) is 0 Å². The third-order valence-corrected chi connectivity index (χ3v) is 6.90. The molecule has 13 heteroatoms. The zero-order valence-electron chi connectivity index (χ0n) is 22.2. The summed E-state index contributed by atoms with van der Waals surface area (Å²) >= 11 is 0. The molecule has 0 saturated heterocycles. The van der Waals surface area contributed by atoms with Gasteiger partial charge in [0.15, 0.2) is 11.5 Å². The molecule has 0 aliphatic carbocycles. The molecule has 0 unspecified atom stereocenters. The molecule has 1 aromatic carbocycles. The van der Waals surface area contributed by atoms with E-state index in [-0.39, 0.29) is 33.9 Å². The van der Waals surface area contributed by atoms with Gasteiger partial charge in [0.1, 0.15) is 17.7 Å². The van der Waals surface area contributed by atoms with Gasteiger partial charge in [0.05, 0.1) is 17.2 Å². The number of nitrogens with one attached hydrogen (secondary N) is 2. The average Bonchev–Trinajstić information content (AvgIpc) is 3.13. The van der Waals surface area contributed by atoms with Gasteiger partial charge in [0, 0.05) is 30.4 Å². The molecular formula is C27H26F4N8O. The lowest BCUT2D eigenvalue weighted by molar-refractivity contribution is -0.144. The molecule has 3 aromatic heterocycles. The average molecular weight is 555 g/mol. The standard InChI is InChI=1S/C27H26F4N8O/c1-25(2,12-32)21-19(28)7-8-20(36-21)39-22-17(23(40)38(39)14-27(29,30)31)11-34-24(37-22)35-16-5-6-18-15(9-16)10-33-13-26(18,3)4/h5-9,11,33H,10,13-14H2,1-4H3,(H,34,35,37). The fourth-order valence-electron chi connectivity index (χ4n) is 4.89. The molecule has 208 valence electrons. The predicted molar refractivity (Wildman–Crippen MR) is 140 cm³/mol. The van der Waals surface area contributed by atoms with Gasteiger partial charge in [0.25, 0.3) is 5.56 Å². The van der Waals surface area contributed by atoms with Crippen LogP contribution in [0.1, 0.15) is 44.5 Å². The van der Waals surface area contributed by atoms with Crippen molar-refractivity contribution in [3.8, 4) is 11.9 Å². The minimum Gasteiger partial charge on any atom is -0.324 e. The quantitative estimate of drug-likeness (QED) is 0.347. The second kappa shape index (κ2) is 9.41. The number of benzene rings is 1. The molecule has 0 radical (unpaired) electrons. The molecule has 2 N–H and O–H groups in total. The molecule has 1 aliphatic heterocycles. The highest BCUT2D eigenvalue weighted by molar-refractivity contribution is 5.77. The molecule has 0 atom stereocenters. The Morgan fingerprint density at radius 1 is 1.18 bits per heavy atom. The van der Waals surface area contributed by atoms with Crippen molar-refractivity contribution >= 4 is 22.7 Å². The van der Waals surface area contributed by atoms with Gasteiger partial charge in [-0.1, -0.05) is 19.9 Å². The number of hydrogen-bond donors (Lipinski definition) is 2. The Balaban J connectivity index is 1.65.